The van der Waals surface area contributed by atoms with E-state index in [2.05, 4.69) is 126 Å². The molecular weight excluding hydrogens is 831 g/mol. The van der Waals surface area contributed by atoms with E-state index in [-0.39, 0.29) is 52.7 Å². The molecule has 0 spiro atoms. The summed E-state index contributed by atoms with van der Waals surface area (Å²) in [5.41, 5.74) is 0.761. The van der Waals surface area contributed by atoms with Crippen LogP contribution in [-0.2, 0) is 34.7 Å². The van der Waals surface area contributed by atoms with E-state index >= 15 is 4.79 Å². The molecule has 3 saturated heterocycles. The normalized spacial score (nSPS) is 28.1. The number of hydrogen-bond acceptors (Lipinski definition) is 9. The number of esters is 1. The monoisotopic (exact) mass is 922 g/mol. The third-order valence-electron chi connectivity index (χ3n) is 16.1. The van der Waals surface area contributed by atoms with Crippen LogP contribution in [0.3, 0.4) is 0 Å². The summed E-state index contributed by atoms with van der Waals surface area (Å²) in [7, 11) is -4.39. The van der Waals surface area contributed by atoms with Crippen LogP contribution in [0.25, 0.3) is 6.08 Å². The third kappa shape index (κ3) is 12.6. The van der Waals surface area contributed by atoms with Gasteiger partial charge in [-0.05, 0) is 117 Å². The van der Waals surface area contributed by atoms with Gasteiger partial charge in [-0.2, -0.15) is 5.10 Å². The first kappa shape index (κ1) is 54.3. The van der Waals surface area contributed by atoms with Gasteiger partial charge in [-0.1, -0.05) is 96.4 Å². The average Bonchev–Trinajstić information content (AvgIpc) is 3.56. The molecular formula is C48H91N3O6SSi3. The molecule has 3 aliphatic rings. The van der Waals surface area contributed by atoms with Crippen molar-refractivity contribution in [2.45, 2.75) is 225 Å². The Bertz CT molecular complexity index is 1600. The zero-order valence-corrected chi connectivity index (χ0v) is 46.3. The van der Waals surface area contributed by atoms with Crippen molar-refractivity contribution in [3.63, 3.8) is 0 Å². The number of fused-ring (bicyclic) bond motifs is 12. The van der Waals surface area contributed by atoms with E-state index < -0.39 is 42.6 Å². The Morgan fingerprint density at radius 3 is 2.03 bits per heavy atom. The number of carbonyl (C=O) groups excluding carboxylic acids is 2. The molecule has 4 heterocycles. The van der Waals surface area contributed by atoms with Crippen LogP contribution in [-0.4, -0.2) is 101 Å². The van der Waals surface area contributed by atoms with E-state index in [4.69, 9.17) is 23.1 Å². The first-order chi connectivity index (χ1) is 28.3. The summed E-state index contributed by atoms with van der Waals surface area (Å²) in [6.07, 6.45) is 6.74. The van der Waals surface area contributed by atoms with Crippen LogP contribution >= 0.6 is 11.8 Å². The van der Waals surface area contributed by atoms with E-state index in [1.54, 1.807) is 11.8 Å². The SMILES string of the molecule is CC[Si](CC)(CC)OC1[C@@H](C)CCC[C@]2(C)CC([C@@H](/C(C)=C/c3cc(SC)n(C)n3)OC(=O)CC(O[Si](CC)(CC)CC)C(C)(C)C(=O)[C@@H]1C)N2CCO[Si](C)(C)C(C)(C)C. The van der Waals surface area contributed by atoms with E-state index in [0.717, 1.165) is 84.8 Å². The molecule has 3 aliphatic heterocycles. The van der Waals surface area contributed by atoms with Gasteiger partial charge in [-0.25, -0.2) is 0 Å². The molecule has 0 radical (unpaired) electrons. The highest BCUT2D eigenvalue weighted by atomic mass is 32.2. The van der Waals surface area contributed by atoms with Crippen LogP contribution in [0.2, 0.25) is 54.4 Å². The number of ketones is 1. The Labute approximate surface area is 381 Å². The minimum Gasteiger partial charge on any atom is -0.456 e. The molecule has 0 aliphatic carbocycles. The first-order valence-electron chi connectivity index (χ1n) is 24.1. The molecule has 13 heteroatoms. The second kappa shape index (κ2) is 21.9. The second-order valence-electron chi connectivity index (χ2n) is 21.2. The number of hydrogen-bond donors (Lipinski definition) is 0. The average molecular weight is 923 g/mol. The Morgan fingerprint density at radius 2 is 1.52 bits per heavy atom. The lowest BCUT2D eigenvalue weighted by molar-refractivity contribution is -0.168. The van der Waals surface area contributed by atoms with Gasteiger partial charge in [0, 0.05) is 37.1 Å². The molecule has 1 aromatic heterocycles. The quantitative estimate of drug-likeness (QED) is 0.0860. The highest BCUT2D eigenvalue weighted by Crippen LogP contribution is 2.46. The lowest BCUT2D eigenvalue weighted by atomic mass is 9.71. The highest BCUT2D eigenvalue weighted by molar-refractivity contribution is 7.98. The van der Waals surface area contributed by atoms with Crippen molar-refractivity contribution < 1.29 is 27.6 Å². The molecule has 4 rings (SSSR count). The largest absolute Gasteiger partial charge is 0.456 e. The highest BCUT2D eigenvalue weighted by Gasteiger charge is 2.54. The molecule has 3 fully saturated rings. The molecule has 2 bridgehead atoms. The zero-order chi connectivity index (χ0) is 46.4. The fraction of sp³-hybridized carbons (Fsp3) is 0.854. The molecule has 9 nitrogen and oxygen atoms in total. The van der Waals surface area contributed by atoms with Crippen LogP contribution in [0.15, 0.2) is 16.7 Å². The maximum absolute atomic E-state index is 15.2. The van der Waals surface area contributed by atoms with E-state index in [1.165, 1.54) is 0 Å². The van der Waals surface area contributed by atoms with Crippen molar-refractivity contribution in [2.75, 3.05) is 19.4 Å². The first-order valence-corrected chi connectivity index (χ1v) is 33.2. The maximum Gasteiger partial charge on any atom is 0.309 e. The van der Waals surface area contributed by atoms with Gasteiger partial charge in [0.05, 0.1) is 35.4 Å². The van der Waals surface area contributed by atoms with Crippen molar-refractivity contribution in [3.05, 3.63) is 17.3 Å². The van der Waals surface area contributed by atoms with E-state index in [0.29, 0.717) is 6.61 Å². The standard InChI is InChI=1S/C48H91N3O6SSi3/c1-20-60(21-2,22-3)56-40-33-42(52)55-44(36(8)31-38-32-41(58-17)50(16)49-38)39-34-48(15,51(39)29-30-54-59(18,19)46(10,11)12)28-26-27-35(7)43(37(9)45(53)47(40,13)14)57-61(23-4,24-5)25-6/h31-32,35,37,39-40,43-44H,20-30,33-34H2,1-19H3/b36-31+/t35-,37+,39?,40?,43?,44+,48+/m0/s1. The predicted octanol–water partition coefficient (Wildman–Crippen LogP) is 12.5. The molecule has 352 valence electrons. The lowest BCUT2D eigenvalue weighted by Crippen LogP contribution is -2.69. The number of ether oxygens (including phenoxy) is 1. The number of carbonyl (C=O) groups is 2. The molecule has 61 heavy (non-hydrogen) atoms. The van der Waals surface area contributed by atoms with Crippen molar-refractivity contribution in [2.24, 2.45) is 24.3 Å². The fourth-order valence-electron chi connectivity index (χ4n) is 10.0. The molecule has 0 N–H and O–H groups in total. The zero-order valence-electron chi connectivity index (χ0n) is 42.5. The Morgan fingerprint density at radius 1 is 0.967 bits per heavy atom. The van der Waals surface area contributed by atoms with Crippen molar-refractivity contribution in [3.8, 4) is 0 Å². The molecule has 3 unspecified atom stereocenters. The summed E-state index contributed by atoms with van der Waals surface area (Å²) < 4.78 is 30.2. The predicted molar refractivity (Wildman–Crippen MR) is 265 cm³/mol. The van der Waals surface area contributed by atoms with Gasteiger partial charge in [0.25, 0.3) is 0 Å². The second-order valence-corrected chi connectivity index (χ2v) is 36.3. The van der Waals surface area contributed by atoms with Crippen LogP contribution in [0, 0.1) is 17.3 Å². The number of Topliss-reactive ketones (excluding diaryl/α,β-unsaturated/α-hetero) is 1. The van der Waals surface area contributed by atoms with E-state index in [9.17, 15) is 4.79 Å². The van der Waals surface area contributed by atoms with Crippen LogP contribution in [0.1, 0.15) is 142 Å². The van der Waals surface area contributed by atoms with Gasteiger partial charge in [0.2, 0.25) is 0 Å². The van der Waals surface area contributed by atoms with Gasteiger partial charge in [-0.15, -0.1) is 11.8 Å². The fourth-order valence-corrected chi connectivity index (χ4v) is 17.6. The molecule has 0 amide bonds. The Kier molecular flexibility index (Phi) is 19.5. The minimum absolute atomic E-state index is 0.0152. The number of thioether (sulfide) groups is 1. The van der Waals surface area contributed by atoms with Crippen LogP contribution in [0.4, 0.5) is 0 Å². The number of nitrogens with zero attached hydrogens (tertiary/aromatic N) is 3. The van der Waals surface area contributed by atoms with Gasteiger partial charge in [-0.3, -0.25) is 19.2 Å². The van der Waals surface area contributed by atoms with Crippen LogP contribution in [0.5, 0.6) is 0 Å². The smallest absolute Gasteiger partial charge is 0.309 e. The van der Waals surface area contributed by atoms with Gasteiger partial charge >= 0.3 is 5.97 Å². The summed E-state index contributed by atoms with van der Waals surface area (Å²) >= 11 is 1.66. The molecule has 0 aromatic carbocycles. The Balaban J connectivity index is 2.23. The maximum atomic E-state index is 15.2. The molecule has 7 atom stereocenters. The number of aromatic nitrogens is 2. The summed E-state index contributed by atoms with van der Waals surface area (Å²) in [4.78, 5) is 32.6. The van der Waals surface area contributed by atoms with Gasteiger partial charge < -0.3 is 18.0 Å². The van der Waals surface area contributed by atoms with Gasteiger partial charge in [0.1, 0.15) is 11.9 Å². The summed E-state index contributed by atoms with van der Waals surface area (Å²) in [6, 6.07) is 7.91. The van der Waals surface area contributed by atoms with Gasteiger partial charge in [0.15, 0.2) is 25.0 Å². The summed E-state index contributed by atoms with van der Waals surface area (Å²) in [5, 5.41) is 5.98. The summed E-state index contributed by atoms with van der Waals surface area (Å²) in [5.74, 6) is -0.354. The molecule has 0 saturated carbocycles. The van der Waals surface area contributed by atoms with E-state index in [1.807, 2.05) is 25.6 Å². The lowest BCUT2D eigenvalue weighted by Gasteiger charge is -2.59. The Hall–Kier alpha value is -1.07. The summed E-state index contributed by atoms with van der Waals surface area (Å²) in [6.45, 7) is 39.3. The minimum atomic E-state index is -2.28. The van der Waals surface area contributed by atoms with Crippen LogP contribution < -0.4 is 0 Å². The molecule has 1 aromatic rings. The van der Waals surface area contributed by atoms with Crippen molar-refractivity contribution >= 4 is 54.5 Å². The topological polar surface area (TPSA) is 92.1 Å². The van der Waals surface area contributed by atoms with Crippen molar-refractivity contribution in [1.82, 2.24) is 14.7 Å². The third-order valence-corrected chi connectivity index (χ3v) is 30.7. The van der Waals surface area contributed by atoms with Crippen molar-refractivity contribution in [1.29, 1.82) is 0 Å². The number of aryl methyl sites for hydroxylation is 1. The number of rotatable bonds is 17.